The number of rotatable bonds is 5. The molecular weight excluding hydrogens is 327 g/mol. The highest BCUT2D eigenvalue weighted by Crippen LogP contribution is 2.25. The number of nitrogens with zero attached hydrogens (tertiary/aromatic N) is 2. The van der Waals surface area contributed by atoms with Gasteiger partial charge < -0.3 is 9.64 Å². The van der Waals surface area contributed by atoms with Crippen molar-refractivity contribution >= 4 is 17.2 Å². The summed E-state index contributed by atoms with van der Waals surface area (Å²) in [7, 11) is 0. The van der Waals surface area contributed by atoms with Crippen LogP contribution in [-0.2, 0) is 4.79 Å². The summed E-state index contributed by atoms with van der Waals surface area (Å²) < 4.78 is 18.5. The number of halogens is 1. The highest BCUT2D eigenvalue weighted by Gasteiger charge is 2.25. The minimum absolute atomic E-state index is 0.0517. The second-order valence-corrected chi connectivity index (χ2v) is 6.83. The van der Waals surface area contributed by atoms with Crippen molar-refractivity contribution in [1.82, 2.24) is 9.80 Å². The lowest BCUT2D eigenvalue weighted by Crippen LogP contribution is -2.50. The molecule has 4 nitrogen and oxygen atoms in total. The molecule has 0 aliphatic carbocycles. The van der Waals surface area contributed by atoms with E-state index in [1.807, 2.05) is 4.90 Å². The molecule has 1 aliphatic rings. The Kier molecular flexibility index (Phi) is 5.48. The predicted molar refractivity (Wildman–Crippen MR) is 92.8 cm³/mol. The molecule has 2 heterocycles. The molecule has 0 radical (unpaired) electrons. The smallest absolute Gasteiger partial charge is 0.260 e. The minimum Gasteiger partial charge on any atom is -0.484 e. The molecule has 1 saturated heterocycles. The lowest BCUT2D eigenvalue weighted by Gasteiger charge is -2.37. The Hall–Kier alpha value is -1.92. The molecule has 24 heavy (non-hydrogen) atoms. The van der Waals surface area contributed by atoms with Gasteiger partial charge in [0.25, 0.3) is 5.91 Å². The van der Waals surface area contributed by atoms with Crippen LogP contribution in [-0.4, -0.2) is 48.5 Å². The van der Waals surface area contributed by atoms with Gasteiger partial charge in [-0.2, -0.15) is 0 Å². The summed E-state index contributed by atoms with van der Waals surface area (Å²) in [5.74, 6) is -0.0351. The summed E-state index contributed by atoms with van der Waals surface area (Å²) >= 11 is 1.77. The fraction of sp³-hybridized carbons (Fsp3) is 0.389. The maximum absolute atomic E-state index is 13.1. The molecule has 2 aromatic rings. The van der Waals surface area contributed by atoms with Crippen LogP contribution in [0.4, 0.5) is 4.39 Å². The van der Waals surface area contributed by atoms with Crippen LogP contribution < -0.4 is 4.74 Å². The van der Waals surface area contributed by atoms with Crippen LogP contribution in [0.1, 0.15) is 17.8 Å². The number of piperazine rings is 1. The van der Waals surface area contributed by atoms with Crippen LogP contribution >= 0.6 is 11.3 Å². The summed E-state index contributed by atoms with van der Waals surface area (Å²) in [5.41, 5.74) is 0. The first-order chi connectivity index (χ1) is 11.6. The molecule has 3 rings (SSSR count). The Balaban J connectivity index is 1.46. The normalized spacial score (nSPS) is 16.8. The molecule has 1 unspecified atom stereocenters. The SMILES string of the molecule is CC(c1cccs1)N1CCN(C(=O)COc2cccc(F)c2)CC1. The topological polar surface area (TPSA) is 32.8 Å². The molecule has 1 atom stereocenters. The van der Waals surface area contributed by atoms with Gasteiger partial charge in [0.2, 0.25) is 0 Å². The van der Waals surface area contributed by atoms with Gasteiger partial charge in [0.1, 0.15) is 11.6 Å². The summed E-state index contributed by atoms with van der Waals surface area (Å²) in [4.78, 5) is 17.8. The van der Waals surface area contributed by atoms with Gasteiger partial charge >= 0.3 is 0 Å². The number of ether oxygens (including phenoxy) is 1. The van der Waals surface area contributed by atoms with Gasteiger partial charge in [-0.1, -0.05) is 12.1 Å². The van der Waals surface area contributed by atoms with Gasteiger partial charge in [-0.25, -0.2) is 4.39 Å². The van der Waals surface area contributed by atoms with Crippen molar-refractivity contribution < 1.29 is 13.9 Å². The average molecular weight is 348 g/mol. The maximum Gasteiger partial charge on any atom is 0.260 e. The van der Waals surface area contributed by atoms with Gasteiger partial charge in [-0.05, 0) is 30.5 Å². The maximum atomic E-state index is 13.1. The second kappa shape index (κ2) is 7.77. The molecule has 1 aromatic heterocycles. The molecule has 0 bridgehead atoms. The van der Waals surface area contributed by atoms with E-state index in [-0.39, 0.29) is 18.3 Å². The fourth-order valence-electron chi connectivity index (χ4n) is 2.86. The molecule has 1 amide bonds. The summed E-state index contributed by atoms with van der Waals surface area (Å²) in [6.45, 7) is 5.25. The van der Waals surface area contributed by atoms with E-state index in [4.69, 9.17) is 4.74 Å². The van der Waals surface area contributed by atoms with Crippen molar-refractivity contribution in [1.29, 1.82) is 0 Å². The van der Waals surface area contributed by atoms with Gasteiger partial charge in [0, 0.05) is 43.2 Å². The molecular formula is C18H21FN2O2S. The van der Waals surface area contributed by atoms with Crippen molar-refractivity contribution in [2.24, 2.45) is 0 Å². The van der Waals surface area contributed by atoms with Gasteiger partial charge in [-0.3, -0.25) is 9.69 Å². The molecule has 0 N–H and O–H groups in total. The van der Waals surface area contributed by atoms with E-state index in [9.17, 15) is 9.18 Å². The van der Waals surface area contributed by atoms with E-state index in [0.717, 1.165) is 13.1 Å². The predicted octanol–water partition coefficient (Wildman–Crippen LogP) is 3.17. The summed E-state index contributed by atoms with van der Waals surface area (Å²) in [5, 5.41) is 2.09. The third-order valence-corrected chi connectivity index (χ3v) is 5.37. The Labute approximate surface area is 145 Å². The van der Waals surface area contributed by atoms with Crippen molar-refractivity contribution in [3.05, 3.63) is 52.5 Å². The van der Waals surface area contributed by atoms with E-state index < -0.39 is 0 Å². The first-order valence-corrected chi connectivity index (χ1v) is 8.95. The number of benzene rings is 1. The van der Waals surface area contributed by atoms with Crippen LogP contribution in [0.2, 0.25) is 0 Å². The van der Waals surface area contributed by atoms with Crippen LogP contribution in [0.3, 0.4) is 0 Å². The molecule has 1 aliphatic heterocycles. The number of carbonyl (C=O) groups excluding carboxylic acids is 1. The lowest BCUT2D eigenvalue weighted by molar-refractivity contribution is -0.135. The molecule has 0 spiro atoms. The van der Waals surface area contributed by atoms with E-state index in [0.29, 0.717) is 24.9 Å². The number of hydrogen-bond acceptors (Lipinski definition) is 4. The Morgan fingerprint density at radius 3 is 2.71 bits per heavy atom. The number of amides is 1. The van der Waals surface area contributed by atoms with Crippen LogP contribution in [0.15, 0.2) is 41.8 Å². The first-order valence-electron chi connectivity index (χ1n) is 8.07. The Morgan fingerprint density at radius 1 is 1.25 bits per heavy atom. The third kappa shape index (κ3) is 4.13. The highest BCUT2D eigenvalue weighted by molar-refractivity contribution is 7.10. The fourth-order valence-corrected chi connectivity index (χ4v) is 3.68. The zero-order chi connectivity index (χ0) is 16.9. The second-order valence-electron chi connectivity index (χ2n) is 5.85. The summed E-state index contributed by atoms with van der Waals surface area (Å²) in [6, 6.07) is 10.5. The Bertz CT molecular complexity index is 669. The average Bonchev–Trinajstić information content (AvgIpc) is 3.14. The number of thiophene rings is 1. The molecule has 6 heteroatoms. The van der Waals surface area contributed by atoms with Crippen LogP contribution in [0, 0.1) is 5.82 Å². The van der Waals surface area contributed by atoms with Crippen molar-refractivity contribution in [3.8, 4) is 5.75 Å². The zero-order valence-corrected chi connectivity index (χ0v) is 14.5. The number of hydrogen-bond donors (Lipinski definition) is 0. The molecule has 128 valence electrons. The summed E-state index contributed by atoms with van der Waals surface area (Å²) in [6.07, 6.45) is 0. The van der Waals surface area contributed by atoms with Gasteiger partial charge in [0.15, 0.2) is 6.61 Å². The zero-order valence-electron chi connectivity index (χ0n) is 13.7. The van der Waals surface area contributed by atoms with Crippen LogP contribution in [0.25, 0.3) is 0 Å². The van der Waals surface area contributed by atoms with Crippen molar-refractivity contribution in [2.75, 3.05) is 32.8 Å². The quantitative estimate of drug-likeness (QED) is 0.832. The van der Waals surface area contributed by atoms with Crippen molar-refractivity contribution in [2.45, 2.75) is 13.0 Å². The van der Waals surface area contributed by atoms with Crippen LogP contribution in [0.5, 0.6) is 5.75 Å². The molecule has 1 aromatic carbocycles. The molecule has 0 saturated carbocycles. The molecule has 1 fully saturated rings. The van der Waals surface area contributed by atoms with E-state index in [1.165, 1.54) is 17.0 Å². The highest BCUT2D eigenvalue weighted by atomic mass is 32.1. The largest absolute Gasteiger partial charge is 0.484 e. The van der Waals surface area contributed by atoms with Gasteiger partial charge in [0.05, 0.1) is 0 Å². The Morgan fingerprint density at radius 2 is 2.04 bits per heavy atom. The van der Waals surface area contributed by atoms with E-state index in [2.05, 4.69) is 29.3 Å². The lowest BCUT2D eigenvalue weighted by atomic mass is 10.2. The van der Waals surface area contributed by atoms with Crippen molar-refractivity contribution in [3.63, 3.8) is 0 Å². The minimum atomic E-state index is -0.365. The van der Waals surface area contributed by atoms with E-state index in [1.54, 1.807) is 23.5 Å². The standard InChI is InChI=1S/C18H21FN2O2S/c1-14(17-6-3-11-24-17)20-7-9-21(10-8-20)18(22)13-23-16-5-2-4-15(19)12-16/h2-6,11-12,14H,7-10,13H2,1H3. The third-order valence-electron chi connectivity index (χ3n) is 4.33. The number of carbonyl (C=O) groups is 1. The monoisotopic (exact) mass is 348 g/mol. The van der Waals surface area contributed by atoms with E-state index >= 15 is 0 Å². The van der Waals surface area contributed by atoms with Gasteiger partial charge in [-0.15, -0.1) is 11.3 Å². The first kappa shape index (κ1) is 16.9.